The number of hydrogen-bond donors (Lipinski definition) is 1. The Morgan fingerprint density at radius 3 is 2.80 bits per heavy atom. The lowest BCUT2D eigenvalue weighted by molar-refractivity contribution is -0.133. The summed E-state index contributed by atoms with van der Waals surface area (Å²) in [6.45, 7) is 0.350. The molecule has 0 fully saturated rings. The molecule has 0 bridgehead atoms. The van der Waals surface area contributed by atoms with Crippen LogP contribution in [0, 0.1) is 0 Å². The molecule has 0 spiro atoms. The van der Waals surface area contributed by atoms with Crippen LogP contribution in [0.15, 0.2) is 23.3 Å². The third kappa shape index (κ3) is 2.43. The number of carboxylic acids is 1. The predicted octanol–water partition coefficient (Wildman–Crippen LogP) is 1.74. The van der Waals surface area contributed by atoms with Crippen LogP contribution in [-0.2, 0) is 29.0 Å². The Balaban J connectivity index is 1.81. The van der Waals surface area contributed by atoms with E-state index in [1.165, 1.54) is 22.6 Å². The molecule has 0 saturated heterocycles. The second-order valence-corrected chi connectivity index (χ2v) is 5.26. The van der Waals surface area contributed by atoms with E-state index in [0.717, 1.165) is 18.4 Å². The number of benzene rings is 1. The number of amides is 1. The molecule has 0 aromatic heterocycles. The molecule has 1 aliphatic heterocycles. The van der Waals surface area contributed by atoms with Crippen molar-refractivity contribution >= 4 is 17.6 Å². The van der Waals surface area contributed by atoms with Crippen LogP contribution in [0.4, 0.5) is 0 Å². The van der Waals surface area contributed by atoms with Crippen molar-refractivity contribution < 1.29 is 14.7 Å². The first kappa shape index (κ1) is 12.8. The Labute approximate surface area is 116 Å². The van der Waals surface area contributed by atoms with Crippen LogP contribution in [-0.4, -0.2) is 27.7 Å². The van der Waals surface area contributed by atoms with Gasteiger partial charge < -0.3 is 5.11 Å². The van der Waals surface area contributed by atoms with Crippen molar-refractivity contribution in [3.63, 3.8) is 0 Å². The zero-order chi connectivity index (χ0) is 14.1. The summed E-state index contributed by atoms with van der Waals surface area (Å²) in [4.78, 5) is 22.8. The molecule has 2 aliphatic rings. The summed E-state index contributed by atoms with van der Waals surface area (Å²) < 4.78 is 0. The van der Waals surface area contributed by atoms with Gasteiger partial charge in [-0.05, 0) is 36.0 Å². The van der Waals surface area contributed by atoms with E-state index in [1.807, 2.05) is 6.07 Å². The van der Waals surface area contributed by atoms with E-state index in [1.54, 1.807) is 0 Å². The number of fused-ring (bicyclic) bond motifs is 1. The fraction of sp³-hybridized carbons (Fsp3) is 0.400. The van der Waals surface area contributed by atoms with Gasteiger partial charge in [0.1, 0.15) is 5.71 Å². The maximum Gasteiger partial charge on any atom is 0.352 e. The van der Waals surface area contributed by atoms with Crippen LogP contribution >= 0.6 is 0 Å². The molecule has 1 aromatic rings. The van der Waals surface area contributed by atoms with Crippen molar-refractivity contribution in [2.45, 2.75) is 38.6 Å². The third-order valence-electron chi connectivity index (χ3n) is 3.85. The minimum Gasteiger partial charge on any atom is -0.477 e. The highest BCUT2D eigenvalue weighted by Gasteiger charge is 2.24. The topological polar surface area (TPSA) is 70.0 Å². The molecule has 0 unspecified atom stereocenters. The van der Waals surface area contributed by atoms with E-state index in [0.29, 0.717) is 6.54 Å². The van der Waals surface area contributed by atoms with E-state index in [4.69, 9.17) is 5.11 Å². The lowest BCUT2D eigenvalue weighted by Crippen LogP contribution is -2.33. The van der Waals surface area contributed by atoms with Crippen molar-refractivity contribution in [1.82, 2.24) is 5.01 Å². The number of aliphatic carboxylic acids is 1. The Hall–Kier alpha value is -2.17. The summed E-state index contributed by atoms with van der Waals surface area (Å²) in [5.74, 6) is -1.16. The van der Waals surface area contributed by atoms with E-state index >= 15 is 0 Å². The Kier molecular flexibility index (Phi) is 3.26. The molecule has 1 aliphatic carbocycles. The van der Waals surface area contributed by atoms with Crippen LogP contribution in [0.1, 0.15) is 36.0 Å². The molecule has 1 aromatic carbocycles. The smallest absolute Gasteiger partial charge is 0.352 e. The molecular formula is C15H16N2O3. The maximum absolute atomic E-state index is 11.8. The third-order valence-corrected chi connectivity index (χ3v) is 3.85. The molecular weight excluding hydrogens is 256 g/mol. The molecule has 0 saturated carbocycles. The van der Waals surface area contributed by atoms with Gasteiger partial charge in [0.05, 0.1) is 6.54 Å². The van der Waals surface area contributed by atoms with Crippen molar-refractivity contribution in [3.8, 4) is 0 Å². The molecule has 20 heavy (non-hydrogen) atoms. The number of hydrogen-bond acceptors (Lipinski definition) is 3. The first-order chi connectivity index (χ1) is 9.63. The lowest BCUT2D eigenvalue weighted by atomic mass is 10.1. The highest BCUT2D eigenvalue weighted by molar-refractivity contribution is 6.36. The average Bonchev–Trinajstić information content (AvgIpc) is 2.88. The van der Waals surface area contributed by atoms with Crippen LogP contribution < -0.4 is 0 Å². The van der Waals surface area contributed by atoms with E-state index in [-0.39, 0.29) is 24.5 Å². The zero-order valence-electron chi connectivity index (χ0n) is 11.1. The van der Waals surface area contributed by atoms with Gasteiger partial charge in [-0.1, -0.05) is 18.2 Å². The van der Waals surface area contributed by atoms with E-state index < -0.39 is 5.97 Å². The normalized spacial score (nSPS) is 17.9. The monoisotopic (exact) mass is 272 g/mol. The van der Waals surface area contributed by atoms with Gasteiger partial charge in [-0.25, -0.2) is 9.80 Å². The number of carbonyl (C=O) groups is 2. The molecule has 104 valence electrons. The van der Waals surface area contributed by atoms with E-state index in [2.05, 4.69) is 17.2 Å². The van der Waals surface area contributed by atoms with Crippen LogP contribution in [0.2, 0.25) is 0 Å². The van der Waals surface area contributed by atoms with Gasteiger partial charge in [0.15, 0.2) is 0 Å². The van der Waals surface area contributed by atoms with Crippen molar-refractivity contribution in [1.29, 1.82) is 0 Å². The summed E-state index contributed by atoms with van der Waals surface area (Å²) in [7, 11) is 0. The standard InChI is InChI=1S/C15H16N2O3/c18-14-7-6-13(15(19)20)16-17(14)9-10-4-5-11-2-1-3-12(11)8-10/h4-5,8H,1-3,6-7,9H2,(H,19,20). The lowest BCUT2D eigenvalue weighted by Gasteiger charge is -2.22. The Morgan fingerprint density at radius 2 is 2.00 bits per heavy atom. The van der Waals surface area contributed by atoms with Gasteiger partial charge in [0, 0.05) is 12.8 Å². The second kappa shape index (κ2) is 5.07. The fourth-order valence-corrected chi connectivity index (χ4v) is 2.78. The Bertz CT molecular complexity index is 607. The van der Waals surface area contributed by atoms with Gasteiger partial charge in [-0.2, -0.15) is 5.10 Å². The van der Waals surface area contributed by atoms with E-state index in [9.17, 15) is 9.59 Å². The number of aryl methyl sites for hydroxylation is 2. The van der Waals surface area contributed by atoms with Gasteiger partial charge >= 0.3 is 5.97 Å². The van der Waals surface area contributed by atoms with Crippen molar-refractivity contribution in [2.75, 3.05) is 0 Å². The first-order valence-electron chi connectivity index (χ1n) is 6.85. The number of nitrogens with zero attached hydrogens (tertiary/aromatic N) is 2. The minimum absolute atomic E-state index is 0.0609. The predicted molar refractivity (Wildman–Crippen MR) is 73.3 cm³/mol. The quantitative estimate of drug-likeness (QED) is 0.911. The minimum atomic E-state index is -1.04. The molecule has 5 nitrogen and oxygen atoms in total. The highest BCUT2D eigenvalue weighted by atomic mass is 16.4. The molecule has 1 amide bonds. The van der Waals surface area contributed by atoms with Gasteiger partial charge in [0.2, 0.25) is 5.91 Å². The summed E-state index contributed by atoms with van der Waals surface area (Å²) in [6, 6.07) is 6.22. The summed E-state index contributed by atoms with van der Waals surface area (Å²) in [5, 5.41) is 14.2. The van der Waals surface area contributed by atoms with Crippen LogP contribution in [0.5, 0.6) is 0 Å². The number of carbonyl (C=O) groups excluding carboxylic acids is 1. The van der Waals surface area contributed by atoms with Crippen LogP contribution in [0.25, 0.3) is 0 Å². The molecule has 3 rings (SSSR count). The largest absolute Gasteiger partial charge is 0.477 e. The number of hydrazone groups is 1. The summed E-state index contributed by atoms with van der Waals surface area (Å²) in [6.07, 6.45) is 3.83. The van der Waals surface area contributed by atoms with Crippen LogP contribution in [0.3, 0.4) is 0 Å². The van der Waals surface area contributed by atoms with Gasteiger partial charge in [-0.15, -0.1) is 0 Å². The zero-order valence-corrected chi connectivity index (χ0v) is 11.1. The molecule has 1 heterocycles. The number of carboxylic acid groups (broad SMARTS) is 1. The number of rotatable bonds is 3. The SMILES string of the molecule is O=C(O)C1=NN(Cc2ccc3c(c2)CCC3)C(=O)CC1. The fourth-order valence-electron chi connectivity index (χ4n) is 2.78. The maximum atomic E-state index is 11.8. The summed E-state index contributed by atoms with van der Waals surface area (Å²) in [5.41, 5.74) is 3.79. The Morgan fingerprint density at radius 1 is 1.20 bits per heavy atom. The highest BCUT2D eigenvalue weighted by Crippen LogP contribution is 2.24. The first-order valence-corrected chi connectivity index (χ1v) is 6.85. The van der Waals surface area contributed by atoms with Crippen molar-refractivity contribution in [2.24, 2.45) is 5.10 Å². The molecule has 5 heteroatoms. The van der Waals surface area contributed by atoms with Crippen molar-refractivity contribution in [3.05, 3.63) is 34.9 Å². The second-order valence-electron chi connectivity index (χ2n) is 5.26. The average molecular weight is 272 g/mol. The summed E-state index contributed by atoms with van der Waals surface area (Å²) >= 11 is 0. The van der Waals surface area contributed by atoms with Gasteiger partial charge in [-0.3, -0.25) is 4.79 Å². The van der Waals surface area contributed by atoms with Gasteiger partial charge in [0.25, 0.3) is 0 Å². The molecule has 0 atom stereocenters. The molecule has 0 radical (unpaired) electrons. The molecule has 1 N–H and O–H groups in total.